The molecule has 0 amide bonds. The van der Waals surface area contributed by atoms with Crippen molar-refractivity contribution in [2.45, 2.75) is 44.1 Å². The van der Waals surface area contributed by atoms with Crippen molar-refractivity contribution in [1.82, 2.24) is 14.8 Å². The molecule has 1 aliphatic rings. The first-order chi connectivity index (χ1) is 7.67. The van der Waals surface area contributed by atoms with E-state index >= 15 is 0 Å². The van der Waals surface area contributed by atoms with Crippen LogP contribution in [0.2, 0.25) is 0 Å². The Kier molecular flexibility index (Phi) is 3.09. The molecular weight excluding hydrogens is 224 g/mol. The van der Waals surface area contributed by atoms with Crippen molar-refractivity contribution in [3.8, 4) is 0 Å². The number of aromatic nitrogens is 3. The summed E-state index contributed by atoms with van der Waals surface area (Å²) in [6.07, 6.45) is 7.63. The van der Waals surface area contributed by atoms with Gasteiger partial charge in [-0.15, -0.1) is 0 Å². The number of rotatable bonds is 2. The molecule has 0 saturated heterocycles. The molecule has 1 aromatic rings. The predicted molar refractivity (Wildman–Crippen MR) is 65.3 cm³/mol. The number of nitrogens with two attached hydrogens (primary N) is 1. The number of hydrogen-bond donors (Lipinski definition) is 2. The number of H-pyrrole nitrogens is 1. The molecule has 0 radical (unpaired) electrons. The fraction of sp³-hybridized carbons (Fsp3) is 0.700. The lowest BCUT2D eigenvalue weighted by Gasteiger charge is -2.31. The maximum Gasteiger partial charge on any atom is 0.343 e. The zero-order valence-electron chi connectivity index (χ0n) is 9.11. The molecule has 0 spiro atoms. The van der Waals surface area contributed by atoms with E-state index in [2.05, 4.69) is 10.2 Å². The molecule has 1 aliphatic carbocycles. The number of thiocarbonyl (C=S) groups is 1. The van der Waals surface area contributed by atoms with Gasteiger partial charge in [-0.05, 0) is 12.8 Å². The molecule has 0 bridgehead atoms. The van der Waals surface area contributed by atoms with E-state index in [0.717, 1.165) is 25.7 Å². The van der Waals surface area contributed by atoms with Gasteiger partial charge in [0, 0.05) is 0 Å². The van der Waals surface area contributed by atoms with Gasteiger partial charge in [0.05, 0.1) is 4.99 Å². The number of aromatic amines is 1. The van der Waals surface area contributed by atoms with Crippen LogP contribution in [-0.4, -0.2) is 19.8 Å². The Hall–Kier alpha value is -1.17. The summed E-state index contributed by atoms with van der Waals surface area (Å²) in [6, 6.07) is 0. The molecule has 0 aliphatic heterocycles. The highest BCUT2D eigenvalue weighted by molar-refractivity contribution is 7.80. The fourth-order valence-electron chi connectivity index (χ4n) is 2.47. The van der Waals surface area contributed by atoms with Crippen LogP contribution >= 0.6 is 12.2 Å². The Morgan fingerprint density at radius 2 is 2.06 bits per heavy atom. The summed E-state index contributed by atoms with van der Waals surface area (Å²) in [5, 5.41) is 6.17. The normalized spacial score (nSPS) is 20.2. The smallest absolute Gasteiger partial charge is 0.343 e. The van der Waals surface area contributed by atoms with Crippen LogP contribution < -0.4 is 11.4 Å². The number of nitrogens with one attached hydrogen (secondary N) is 1. The van der Waals surface area contributed by atoms with Gasteiger partial charge in [0.2, 0.25) is 0 Å². The first-order valence-corrected chi connectivity index (χ1v) is 6.00. The van der Waals surface area contributed by atoms with Crippen LogP contribution in [0.3, 0.4) is 0 Å². The van der Waals surface area contributed by atoms with Crippen molar-refractivity contribution < 1.29 is 0 Å². The molecule has 1 heterocycles. The first-order valence-electron chi connectivity index (χ1n) is 5.59. The summed E-state index contributed by atoms with van der Waals surface area (Å²) in [6.45, 7) is 0. The highest BCUT2D eigenvalue weighted by atomic mass is 32.1. The van der Waals surface area contributed by atoms with Gasteiger partial charge in [0.1, 0.15) is 11.9 Å². The third-order valence-electron chi connectivity index (χ3n) is 3.40. The molecule has 6 heteroatoms. The van der Waals surface area contributed by atoms with E-state index < -0.39 is 5.54 Å². The van der Waals surface area contributed by atoms with Crippen molar-refractivity contribution in [3.63, 3.8) is 0 Å². The minimum atomic E-state index is -0.504. The van der Waals surface area contributed by atoms with Crippen LogP contribution in [0.25, 0.3) is 0 Å². The van der Waals surface area contributed by atoms with E-state index in [-0.39, 0.29) is 5.69 Å². The van der Waals surface area contributed by atoms with E-state index in [1.54, 1.807) is 4.57 Å². The van der Waals surface area contributed by atoms with Crippen molar-refractivity contribution in [2.75, 3.05) is 0 Å². The number of nitrogens with zero attached hydrogens (tertiary/aromatic N) is 2. The maximum absolute atomic E-state index is 11.7. The van der Waals surface area contributed by atoms with Gasteiger partial charge in [-0.2, -0.15) is 5.10 Å². The molecule has 5 nitrogen and oxygen atoms in total. The van der Waals surface area contributed by atoms with E-state index in [1.165, 1.54) is 19.2 Å². The van der Waals surface area contributed by atoms with E-state index in [0.29, 0.717) is 4.99 Å². The van der Waals surface area contributed by atoms with E-state index in [1.807, 2.05) is 0 Å². The Labute approximate surface area is 99.0 Å². The zero-order chi connectivity index (χ0) is 11.6. The lowest BCUT2D eigenvalue weighted by Crippen LogP contribution is -2.48. The van der Waals surface area contributed by atoms with Crippen molar-refractivity contribution in [1.29, 1.82) is 0 Å². The van der Waals surface area contributed by atoms with Gasteiger partial charge < -0.3 is 5.73 Å². The topological polar surface area (TPSA) is 76.7 Å². The first kappa shape index (κ1) is 11.3. The van der Waals surface area contributed by atoms with Crippen LogP contribution in [0.5, 0.6) is 0 Å². The SMILES string of the molecule is NC(=S)C1(n2cn[nH]c2=O)CCCCCC1. The van der Waals surface area contributed by atoms with Crippen LogP contribution in [0.4, 0.5) is 0 Å². The summed E-state index contributed by atoms with van der Waals surface area (Å²) in [5.74, 6) is 0. The zero-order valence-corrected chi connectivity index (χ0v) is 9.92. The van der Waals surface area contributed by atoms with Gasteiger partial charge in [-0.25, -0.2) is 9.89 Å². The van der Waals surface area contributed by atoms with E-state index in [4.69, 9.17) is 18.0 Å². The Morgan fingerprint density at radius 1 is 1.44 bits per heavy atom. The summed E-state index contributed by atoms with van der Waals surface area (Å²) in [7, 11) is 0. The van der Waals surface area contributed by atoms with Gasteiger partial charge in [-0.3, -0.25) is 4.57 Å². The lowest BCUT2D eigenvalue weighted by molar-refractivity contribution is 0.345. The molecule has 3 N–H and O–H groups in total. The third kappa shape index (κ3) is 1.77. The molecule has 0 atom stereocenters. The van der Waals surface area contributed by atoms with Gasteiger partial charge in [-0.1, -0.05) is 37.9 Å². The van der Waals surface area contributed by atoms with Crippen LogP contribution in [-0.2, 0) is 5.54 Å². The van der Waals surface area contributed by atoms with Gasteiger partial charge in [0.25, 0.3) is 0 Å². The summed E-state index contributed by atoms with van der Waals surface area (Å²) >= 11 is 5.17. The molecule has 16 heavy (non-hydrogen) atoms. The largest absolute Gasteiger partial charge is 0.391 e. The number of hydrogen-bond acceptors (Lipinski definition) is 3. The highest BCUT2D eigenvalue weighted by Gasteiger charge is 2.37. The second kappa shape index (κ2) is 4.37. The predicted octanol–water partition coefficient (Wildman–Crippen LogP) is 0.907. The Balaban J connectivity index is 2.46. The molecule has 1 saturated carbocycles. The minimum absolute atomic E-state index is 0.227. The quantitative estimate of drug-likeness (QED) is 0.595. The monoisotopic (exact) mass is 240 g/mol. The molecule has 1 fully saturated rings. The lowest BCUT2D eigenvalue weighted by atomic mass is 9.90. The van der Waals surface area contributed by atoms with Crippen LogP contribution in [0.1, 0.15) is 38.5 Å². The van der Waals surface area contributed by atoms with Gasteiger partial charge >= 0.3 is 5.69 Å². The van der Waals surface area contributed by atoms with Crippen LogP contribution in [0.15, 0.2) is 11.1 Å². The third-order valence-corrected chi connectivity index (χ3v) is 3.78. The Morgan fingerprint density at radius 3 is 2.50 bits per heavy atom. The molecule has 0 unspecified atom stereocenters. The minimum Gasteiger partial charge on any atom is -0.391 e. The van der Waals surface area contributed by atoms with Crippen LogP contribution in [0, 0.1) is 0 Å². The second-order valence-corrected chi connectivity index (χ2v) is 4.78. The van der Waals surface area contributed by atoms with Crippen molar-refractivity contribution in [2.24, 2.45) is 5.73 Å². The average molecular weight is 240 g/mol. The van der Waals surface area contributed by atoms with Crippen molar-refractivity contribution in [3.05, 3.63) is 16.8 Å². The van der Waals surface area contributed by atoms with E-state index in [9.17, 15) is 4.79 Å². The average Bonchev–Trinajstić information content (AvgIpc) is 2.55. The molecular formula is C10H16N4OS. The second-order valence-electron chi connectivity index (χ2n) is 4.34. The molecule has 88 valence electrons. The molecule has 2 rings (SSSR count). The molecule has 1 aromatic heterocycles. The summed E-state index contributed by atoms with van der Waals surface area (Å²) in [5.41, 5.74) is 5.13. The maximum atomic E-state index is 11.7. The summed E-state index contributed by atoms with van der Waals surface area (Å²) in [4.78, 5) is 12.1. The summed E-state index contributed by atoms with van der Waals surface area (Å²) < 4.78 is 1.57. The van der Waals surface area contributed by atoms with Crippen molar-refractivity contribution >= 4 is 17.2 Å². The molecule has 0 aromatic carbocycles. The highest BCUT2D eigenvalue weighted by Crippen LogP contribution is 2.32. The Bertz CT molecular complexity index is 428. The standard InChI is InChI=1S/C10H16N4OS/c11-8(16)10(5-3-1-2-4-6-10)14-7-12-13-9(14)15/h7H,1-6H2,(H2,11,16)(H,13,15). The van der Waals surface area contributed by atoms with Gasteiger partial charge in [0.15, 0.2) is 0 Å². The fourth-order valence-corrected chi connectivity index (χ4v) is 2.77.